The van der Waals surface area contributed by atoms with E-state index in [4.69, 9.17) is 9.90 Å². The minimum atomic E-state index is 0. The summed E-state index contributed by atoms with van der Waals surface area (Å²) in [4.78, 5) is 10.8. The second-order valence-corrected chi connectivity index (χ2v) is 5.85. The molecule has 0 bridgehead atoms. The third-order valence-electron chi connectivity index (χ3n) is 4.38. The Morgan fingerprint density at radius 2 is 1.69 bits per heavy atom. The monoisotopic (exact) mass is 597 g/mol. The first kappa shape index (κ1) is 27.9. The van der Waals surface area contributed by atoms with Gasteiger partial charge in [0.15, 0.2) is 0 Å². The predicted molar refractivity (Wildman–Crippen MR) is 99.4 cm³/mol. The van der Waals surface area contributed by atoms with Gasteiger partial charge in [-0.15, -0.1) is 5.56 Å². The normalized spacial score (nSPS) is 15.3. The molecule has 1 aliphatic rings. The average molecular weight is 597 g/mol. The Morgan fingerprint density at radius 3 is 2.19 bits per heavy atom. The molecule has 1 N–H and O–H groups in total. The molecule has 137 valence electrons. The Morgan fingerprint density at radius 1 is 1.15 bits per heavy atom. The molecule has 2 aromatic rings. The Kier molecular flexibility index (Phi) is 16.8. The van der Waals surface area contributed by atoms with Gasteiger partial charge in [-0.25, -0.2) is 0 Å². The fourth-order valence-corrected chi connectivity index (χ4v) is 3.04. The summed E-state index contributed by atoms with van der Waals surface area (Å²) in [5, 5.41) is 6.76. The SMILES string of the molecule is C[C@@H]1CCCN1CCc1ccc(-c2cc[c-]cc2)cc1.O=[C-]O.[CH3-].[W+2].[Y]. The average Bonchev–Trinajstić information content (AvgIpc) is 3.00. The summed E-state index contributed by atoms with van der Waals surface area (Å²) in [6.07, 6.45) is 3.89. The quantitative estimate of drug-likeness (QED) is 0.537. The summed E-state index contributed by atoms with van der Waals surface area (Å²) < 4.78 is 0. The first-order valence-electron chi connectivity index (χ1n) is 8.05. The molecule has 5 heteroatoms. The van der Waals surface area contributed by atoms with Crippen LogP contribution in [0.15, 0.2) is 48.5 Å². The summed E-state index contributed by atoms with van der Waals surface area (Å²) in [5.41, 5.74) is 4.00. The van der Waals surface area contributed by atoms with Crippen molar-refractivity contribution < 1.29 is 63.7 Å². The Labute approximate surface area is 197 Å². The van der Waals surface area contributed by atoms with Crippen LogP contribution in [0.2, 0.25) is 0 Å². The molecular formula is C21H26NO2WY-. The van der Waals surface area contributed by atoms with Crippen LogP contribution in [0.3, 0.4) is 0 Å². The third kappa shape index (κ3) is 9.04. The molecule has 26 heavy (non-hydrogen) atoms. The van der Waals surface area contributed by atoms with E-state index in [1.54, 1.807) is 0 Å². The van der Waals surface area contributed by atoms with Crippen LogP contribution in [0.4, 0.5) is 0 Å². The molecule has 1 radical (unpaired) electrons. The van der Waals surface area contributed by atoms with Crippen molar-refractivity contribution in [2.45, 2.75) is 32.2 Å². The fourth-order valence-electron chi connectivity index (χ4n) is 3.04. The zero-order valence-electron chi connectivity index (χ0n) is 15.5. The minimum absolute atomic E-state index is 0. The fraction of sp³-hybridized carbons (Fsp3) is 0.333. The molecule has 2 aromatic carbocycles. The van der Waals surface area contributed by atoms with Gasteiger partial charge in [0, 0.05) is 45.3 Å². The molecule has 1 atom stereocenters. The van der Waals surface area contributed by atoms with Gasteiger partial charge in [0.25, 0.3) is 0 Å². The van der Waals surface area contributed by atoms with Crippen LogP contribution in [0.25, 0.3) is 11.1 Å². The van der Waals surface area contributed by atoms with Crippen LogP contribution in [0.1, 0.15) is 25.3 Å². The van der Waals surface area contributed by atoms with Gasteiger partial charge in [0.05, 0.1) is 0 Å². The summed E-state index contributed by atoms with van der Waals surface area (Å²) >= 11 is 0. The van der Waals surface area contributed by atoms with Crippen molar-refractivity contribution in [1.29, 1.82) is 0 Å². The largest absolute Gasteiger partial charge is 2.00 e. The molecule has 0 aliphatic carbocycles. The maximum absolute atomic E-state index is 8.24. The third-order valence-corrected chi connectivity index (χ3v) is 4.38. The summed E-state index contributed by atoms with van der Waals surface area (Å²) in [5.74, 6) is 0. The standard InChI is InChI=1S/C19H22N.CHO2.CH3.W.Y/c1-16-6-5-14-20(16)15-13-17-9-11-19(12-10-17)18-7-3-2-4-8-18;2-1-3;;;/h3-4,7-12,16H,5-6,13-15H2,1H3;(H,2,3);1H3;;/q3*-1;+2;/t16-;;;;/m1..../s1. The molecule has 1 heterocycles. The van der Waals surface area contributed by atoms with Crippen LogP contribution >= 0.6 is 0 Å². The molecule has 0 amide bonds. The molecule has 3 rings (SSSR count). The molecule has 0 saturated carbocycles. The number of aliphatic hydroxyl groups excluding tert-OH is 1. The van der Waals surface area contributed by atoms with E-state index in [0.29, 0.717) is 6.47 Å². The Bertz CT molecular complexity index is 593. The van der Waals surface area contributed by atoms with Crippen molar-refractivity contribution in [1.82, 2.24) is 4.90 Å². The van der Waals surface area contributed by atoms with E-state index >= 15 is 0 Å². The smallest absolute Gasteiger partial charge is 0.665 e. The molecule has 0 aromatic heterocycles. The van der Waals surface area contributed by atoms with Crippen LogP contribution in [0, 0.1) is 13.5 Å². The first-order valence-corrected chi connectivity index (χ1v) is 8.05. The number of hydrogen-bond donors (Lipinski definition) is 1. The Hall–Kier alpha value is -0.338. The summed E-state index contributed by atoms with van der Waals surface area (Å²) in [6, 6.07) is 21.0. The summed E-state index contributed by atoms with van der Waals surface area (Å²) in [7, 11) is 0. The van der Waals surface area contributed by atoms with Crippen molar-refractivity contribution in [2.24, 2.45) is 0 Å². The van der Waals surface area contributed by atoms with E-state index in [0.717, 1.165) is 12.5 Å². The van der Waals surface area contributed by atoms with E-state index < -0.39 is 0 Å². The second kappa shape index (κ2) is 15.7. The molecule has 0 spiro atoms. The molecule has 3 nitrogen and oxygen atoms in total. The molecule has 1 fully saturated rings. The van der Waals surface area contributed by atoms with Crippen molar-refractivity contribution in [3.05, 3.63) is 67.6 Å². The maximum Gasteiger partial charge on any atom is 2.00 e. The van der Waals surface area contributed by atoms with E-state index in [2.05, 4.69) is 54.3 Å². The zero-order chi connectivity index (χ0) is 16.5. The van der Waals surface area contributed by atoms with Gasteiger partial charge in [-0.2, -0.15) is 30.3 Å². The second-order valence-electron chi connectivity index (χ2n) is 5.85. The number of rotatable bonds is 4. The number of likely N-dealkylation sites (tertiary alicyclic amines) is 1. The van der Waals surface area contributed by atoms with E-state index in [9.17, 15) is 0 Å². The van der Waals surface area contributed by atoms with Gasteiger partial charge in [-0.3, -0.25) is 0 Å². The van der Waals surface area contributed by atoms with Gasteiger partial charge in [-0.1, -0.05) is 30.7 Å². The number of nitrogens with zero attached hydrogens (tertiary/aromatic N) is 1. The van der Waals surface area contributed by atoms with Gasteiger partial charge in [0.1, 0.15) is 0 Å². The van der Waals surface area contributed by atoms with Crippen molar-refractivity contribution >= 4 is 6.47 Å². The van der Waals surface area contributed by atoms with Crippen LogP contribution in [-0.4, -0.2) is 35.6 Å². The van der Waals surface area contributed by atoms with Crippen LogP contribution in [0.5, 0.6) is 0 Å². The Balaban J connectivity index is 0. The van der Waals surface area contributed by atoms with Crippen molar-refractivity contribution in [3.8, 4) is 11.1 Å². The maximum atomic E-state index is 8.24. The molecular weight excluding hydrogens is 571 g/mol. The van der Waals surface area contributed by atoms with Crippen molar-refractivity contribution in [2.75, 3.05) is 13.1 Å². The van der Waals surface area contributed by atoms with Gasteiger partial charge >= 0.3 is 21.1 Å². The topological polar surface area (TPSA) is 40.5 Å². The molecule has 0 unspecified atom stereocenters. The van der Waals surface area contributed by atoms with Gasteiger partial charge in [-0.05, 0) is 43.9 Å². The predicted octanol–water partition coefficient (Wildman–Crippen LogP) is 4.24. The van der Waals surface area contributed by atoms with Crippen molar-refractivity contribution in [3.63, 3.8) is 0 Å². The first-order chi connectivity index (χ1) is 11.2. The molecule has 1 aliphatic heterocycles. The van der Waals surface area contributed by atoms with E-state index in [1.165, 1.54) is 42.6 Å². The molecule has 1 saturated heterocycles. The summed E-state index contributed by atoms with van der Waals surface area (Å²) in [6.45, 7) is 5.32. The van der Waals surface area contributed by atoms with Gasteiger partial charge in [0.2, 0.25) is 0 Å². The van der Waals surface area contributed by atoms with Crippen LogP contribution < -0.4 is 0 Å². The zero-order valence-corrected chi connectivity index (χ0v) is 21.3. The van der Waals surface area contributed by atoms with Gasteiger partial charge < -0.3 is 22.2 Å². The van der Waals surface area contributed by atoms with E-state index in [-0.39, 0.29) is 61.2 Å². The van der Waals surface area contributed by atoms with Crippen LogP contribution in [-0.2, 0) is 65.0 Å². The number of benzene rings is 2. The van der Waals surface area contributed by atoms with E-state index in [1.807, 2.05) is 12.1 Å². The number of hydrogen-bond acceptors (Lipinski definition) is 2. The minimum Gasteiger partial charge on any atom is -0.665 e.